The number of aromatic nitrogens is 5. The Morgan fingerprint density at radius 2 is 1.74 bits per heavy atom. The largest absolute Gasteiger partial charge is 0.497 e. The van der Waals surface area contributed by atoms with Crippen LogP contribution in [0.25, 0.3) is 11.1 Å². The summed E-state index contributed by atoms with van der Waals surface area (Å²) in [5.74, 6) is 1.73. The van der Waals surface area contributed by atoms with Gasteiger partial charge in [-0.25, -0.2) is 15.0 Å². The zero-order valence-electron chi connectivity index (χ0n) is 19.2. The van der Waals surface area contributed by atoms with Gasteiger partial charge >= 0.3 is 0 Å². The average molecular weight is 469 g/mol. The van der Waals surface area contributed by atoms with Crippen LogP contribution in [0.3, 0.4) is 0 Å². The number of carbonyl (C=O) groups is 1. The summed E-state index contributed by atoms with van der Waals surface area (Å²) in [7, 11) is 1.61. The molecule has 1 fully saturated rings. The van der Waals surface area contributed by atoms with E-state index in [0.29, 0.717) is 36.0 Å². The van der Waals surface area contributed by atoms with Crippen molar-refractivity contribution in [3.8, 4) is 28.5 Å². The smallest absolute Gasteiger partial charge is 0.255 e. The van der Waals surface area contributed by atoms with Crippen molar-refractivity contribution in [2.45, 2.75) is 18.8 Å². The predicted octanol–water partition coefficient (Wildman–Crippen LogP) is 4.15. The zero-order valence-corrected chi connectivity index (χ0v) is 19.2. The Balaban J connectivity index is 1.30. The lowest BCUT2D eigenvalue weighted by molar-refractivity contribution is 0.0705. The van der Waals surface area contributed by atoms with Crippen LogP contribution in [0.1, 0.15) is 34.8 Å². The summed E-state index contributed by atoms with van der Waals surface area (Å²) in [6, 6.07) is 9.16. The first-order valence-electron chi connectivity index (χ1n) is 11.3. The summed E-state index contributed by atoms with van der Waals surface area (Å²) < 4.78 is 11.1. The van der Waals surface area contributed by atoms with Crippen molar-refractivity contribution in [1.82, 2.24) is 29.8 Å². The highest BCUT2D eigenvalue weighted by atomic mass is 16.5. The van der Waals surface area contributed by atoms with E-state index in [1.165, 1.54) is 6.33 Å². The highest BCUT2D eigenvalue weighted by Gasteiger charge is 2.27. The van der Waals surface area contributed by atoms with Crippen molar-refractivity contribution >= 4 is 5.91 Å². The van der Waals surface area contributed by atoms with Gasteiger partial charge in [-0.15, -0.1) is 0 Å². The van der Waals surface area contributed by atoms with Gasteiger partial charge in [0.05, 0.1) is 24.6 Å². The van der Waals surface area contributed by atoms with Crippen LogP contribution in [0.15, 0.2) is 73.8 Å². The third-order valence-electron chi connectivity index (χ3n) is 5.90. The van der Waals surface area contributed by atoms with E-state index >= 15 is 0 Å². The SMILES string of the molecule is COc1cccc(Oc2cncc(C3CCCN(C(=O)c4cncc(-c5cncnc5)c4)C3)n2)c1. The molecule has 0 saturated carbocycles. The highest BCUT2D eigenvalue weighted by molar-refractivity contribution is 5.95. The number of methoxy groups -OCH3 is 1. The normalized spacial score (nSPS) is 15.5. The lowest BCUT2D eigenvalue weighted by Crippen LogP contribution is -2.39. The minimum atomic E-state index is -0.0577. The number of nitrogens with zero attached hydrogens (tertiary/aromatic N) is 6. The zero-order chi connectivity index (χ0) is 24.0. The molecule has 9 heteroatoms. The number of carbonyl (C=O) groups excluding carboxylic acids is 1. The van der Waals surface area contributed by atoms with Crippen LogP contribution in [-0.4, -0.2) is 55.9 Å². The van der Waals surface area contributed by atoms with Gasteiger partial charge in [0.1, 0.15) is 17.8 Å². The fourth-order valence-electron chi connectivity index (χ4n) is 4.14. The summed E-state index contributed by atoms with van der Waals surface area (Å²) in [4.78, 5) is 36.5. The van der Waals surface area contributed by atoms with E-state index in [1.54, 1.807) is 50.4 Å². The Kier molecular flexibility index (Phi) is 6.56. The van der Waals surface area contributed by atoms with Crippen molar-refractivity contribution in [3.05, 3.63) is 85.1 Å². The van der Waals surface area contributed by atoms with E-state index in [9.17, 15) is 4.79 Å². The Bertz CT molecular complexity index is 1320. The molecule has 5 rings (SSSR count). The lowest BCUT2D eigenvalue weighted by Gasteiger charge is -2.32. The minimum Gasteiger partial charge on any atom is -0.497 e. The van der Waals surface area contributed by atoms with Gasteiger partial charge in [-0.05, 0) is 31.0 Å². The molecule has 0 spiro atoms. The molecule has 1 amide bonds. The molecule has 4 heterocycles. The summed E-state index contributed by atoms with van der Waals surface area (Å²) in [6.45, 7) is 1.23. The minimum absolute atomic E-state index is 0.0577. The van der Waals surface area contributed by atoms with Crippen LogP contribution in [0.2, 0.25) is 0 Å². The molecule has 1 aliphatic heterocycles. The number of ether oxygens (including phenoxy) is 2. The lowest BCUT2D eigenvalue weighted by atomic mass is 9.94. The third kappa shape index (κ3) is 5.24. The van der Waals surface area contributed by atoms with Gasteiger partial charge in [-0.3, -0.25) is 14.8 Å². The van der Waals surface area contributed by atoms with Crippen molar-refractivity contribution < 1.29 is 14.3 Å². The number of likely N-dealkylation sites (tertiary alicyclic amines) is 1. The van der Waals surface area contributed by atoms with E-state index in [-0.39, 0.29) is 11.8 Å². The Labute approximate surface area is 202 Å². The van der Waals surface area contributed by atoms with Crippen LogP contribution in [-0.2, 0) is 0 Å². The average Bonchev–Trinajstić information content (AvgIpc) is 2.93. The fraction of sp³-hybridized carbons (Fsp3) is 0.231. The molecule has 1 atom stereocenters. The first-order valence-corrected chi connectivity index (χ1v) is 11.3. The molecule has 1 aliphatic rings. The van der Waals surface area contributed by atoms with Gasteiger partial charge < -0.3 is 14.4 Å². The fourth-order valence-corrected chi connectivity index (χ4v) is 4.14. The van der Waals surface area contributed by atoms with E-state index in [0.717, 1.165) is 29.7 Å². The second-order valence-corrected chi connectivity index (χ2v) is 8.24. The first-order chi connectivity index (χ1) is 17.2. The Morgan fingerprint density at radius 1 is 0.943 bits per heavy atom. The van der Waals surface area contributed by atoms with Crippen LogP contribution in [0.5, 0.6) is 17.4 Å². The predicted molar refractivity (Wildman–Crippen MR) is 128 cm³/mol. The van der Waals surface area contributed by atoms with Crippen molar-refractivity contribution in [3.63, 3.8) is 0 Å². The Morgan fingerprint density at radius 3 is 2.60 bits per heavy atom. The monoisotopic (exact) mass is 468 g/mol. The van der Waals surface area contributed by atoms with E-state index in [4.69, 9.17) is 9.47 Å². The van der Waals surface area contributed by atoms with Gasteiger partial charge in [0.25, 0.3) is 5.91 Å². The molecule has 3 aromatic heterocycles. The molecule has 35 heavy (non-hydrogen) atoms. The Hall–Kier alpha value is -4.40. The standard InChI is InChI=1S/C26H24N6O3/c1-34-22-5-2-6-23(9-22)35-25-15-28-14-24(31-25)18-4-3-7-32(16-18)26(33)20-8-19(10-27-11-20)21-12-29-17-30-13-21/h2,5-6,8-15,17-18H,3-4,7,16H2,1H3. The van der Waals surface area contributed by atoms with Crippen molar-refractivity contribution in [1.29, 1.82) is 0 Å². The van der Waals surface area contributed by atoms with Gasteiger partial charge in [0, 0.05) is 67.2 Å². The van der Waals surface area contributed by atoms with Crippen LogP contribution in [0, 0.1) is 0 Å². The van der Waals surface area contributed by atoms with E-state index in [2.05, 4.69) is 24.9 Å². The second-order valence-electron chi connectivity index (χ2n) is 8.24. The molecule has 0 aliphatic carbocycles. The number of hydrogen-bond acceptors (Lipinski definition) is 8. The third-order valence-corrected chi connectivity index (χ3v) is 5.90. The maximum atomic E-state index is 13.3. The van der Waals surface area contributed by atoms with Crippen molar-refractivity contribution in [2.75, 3.05) is 20.2 Å². The molecule has 9 nitrogen and oxygen atoms in total. The van der Waals surface area contributed by atoms with Gasteiger partial charge in [0.2, 0.25) is 5.88 Å². The van der Waals surface area contributed by atoms with Crippen molar-refractivity contribution in [2.24, 2.45) is 0 Å². The topological polar surface area (TPSA) is 103 Å². The molecule has 0 radical (unpaired) electrons. The maximum Gasteiger partial charge on any atom is 0.255 e. The highest BCUT2D eigenvalue weighted by Crippen LogP contribution is 2.29. The number of rotatable bonds is 6. The molecular formula is C26H24N6O3. The summed E-state index contributed by atoms with van der Waals surface area (Å²) in [5.41, 5.74) is 2.96. The number of hydrogen-bond donors (Lipinski definition) is 0. The molecule has 1 aromatic carbocycles. The first kappa shape index (κ1) is 22.4. The van der Waals surface area contributed by atoms with E-state index < -0.39 is 0 Å². The van der Waals surface area contributed by atoms with Gasteiger partial charge in [-0.1, -0.05) is 6.07 Å². The van der Waals surface area contributed by atoms with Crippen LogP contribution < -0.4 is 9.47 Å². The molecule has 0 bridgehead atoms. The number of benzene rings is 1. The molecule has 1 saturated heterocycles. The van der Waals surface area contributed by atoms with Crippen LogP contribution >= 0.6 is 0 Å². The van der Waals surface area contributed by atoms with Crippen LogP contribution in [0.4, 0.5) is 0 Å². The van der Waals surface area contributed by atoms with Gasteiger partial charge in [0.15, 0.2) is 0 Å². The molecule has 0 N–H and O–H groups in total. The second kappa shape index (κ2) is 10.3. The number of pyridine rings is 1. The summed E-state index contributed by atoms with van der Waals surface area (Å²) >= 11 is 0. The quantitative estimate of drug-likeness (QED) is 0.416. The van der Waals surface area contributed by atoms with E-state index in [1.807, 2.05) is 29.2 Å². The number of piperidine rings is 1. The molecular weight excluding hydrogens is 444 g/mol. The molecule has 1 unspecified atom stereocenters. The maximum absolute atomic E-state index is 13.3. The summed E-state index contributed by atoms with van der Waals surface area (Å²) in [5, 5.41) is 0. The summed E-state index contributed by atoms with van der Waals surface area (Å²) in [6.07, 6.45) is 13.3. The molecule has 176 valence electrons. The molecule has 4 aromatic rings. The van der Waals surface area contributed by atoms with Gasteiger partial charge in [-0.2, -0.15) is 0 Å². The number of amides is 1.